The van der Waals surface area contributed by atoms with E-state index in [0.717, 1.165) is 66.9 Å². The van der Waals surface area contributed by atoms with Gasteiger partial charge in [0, 0.05) is 37.4 Å². The summed E-state index contributed by atoms with van der Waals surface area (Å²) in [5.41, 5.74) is 2.46. The first-order valence-corrected chi connectivity index (χ1v) is 16.2. The average molecular weight is 592 g/mol. The number of anilines is 1. The van der Waals surface area contributed by atoms with Crippen molar-refractivity contribution in [2.24, 2.45) is 0 Å². The highest BCUT2D eigenvalue weighted by Crippen LogP contribution is 2.34. The normalized spacial score (nSPS) is 16.7. The van der Waals surface area contributed by atoms with Gasteiger partial charge in [-0.15, -0.1) is 11.3 Å². The third-order valence-corrected chi connectivity index (χ3v) is 10.4. The van der Waals surface area contributed by atoms with Crippen LogP contribution in [0.25, 0.3) is 21.2 Å². The molecular formula is C31H33N3O5S2. The zero-order valence-corrected chi connectivity index (χ0v) is 24.4. The fraction of sp³-hybridized carbons (Fsp3) is 0.323. The molecule has 0 spiro atoms. The maximum Gasteiger partial charge on any atom is 0.260 e. The van der Waals surface area contributed by atoms with Crippen molar-refractivity contribution >= 4 is 42.4 Å². The number of morpholine rings is 1. The number of hydrogen-bond donors (Lipinski definition) is 1. The van der Waals surface area contributed by atoms with Crippen LogP contribution in [-0.4, -0.2) is 76.1 Å². The standard InChI is InChI=1S/C31H33N3O5S2/c35-31(32-30-21-25-8-10-26(22-29(25)40-30)41(36,37)34-12-4-5-13-34)27-11-9-24(23-6-2-1-3-7-23)20-28(27)39-19-16-33-14-17-38-18-15-33/h1-3,6-11,20-22H,4-5,12-19H2,(H,32,35). The van der Waals surface area contributed by atoms with Gasteiger partial charge < -0.3 is 14.8 Å². The van der Waals surface area contributed by atoms with Crippen LogP contribution in [0.5, 0.6) is 5.75 Å². The van der Waals surface area contributed by atoms with Crippen LogP contribution in [0, 0.1) is 0 Å². The van der Waals surface area contributed by atoms with Crippen LogP contribution in [0.3, 0.4) is 0 Å². The van der Waals surface area contributed by atoms with Crippen molar-refractivity contribution in [3.8, 4) is 16.9 Å². The number of benzene rings is 3. The Balaban J connectivity index is 1.22. The molecule has 6 rings (SSSR count). The summed E-state index contributed by atoms with van der Waals surface area (Å²) in [7, 11) is -3.51. The Labute approximate surface area is 244 Å². The largest absolute Gasteiger partial charge is 0.491 e. The van der Waals surface area contributed by atoms with E-state index in [1.807, 2.05) is 48.5 Å². The summed E-state index contributed by atoms with van der Waals surface area (Å²) in [5, 5.41) is 4.54. The third-order valence-electron chi connectivity index (χ3n) is 7.53. The molecule has 2 aliphatic heterocycles. The van der Waals surface area contributed by atoms with Crippen LogP contribution in [0.1, 0.15) is 23.2 Å². The molecule has 4 aromatic rings. The van der Waals surface area contributed by atoms with E-state index >= 15 is 0 Å². The maximum absolute atomic E-state index is 13.5. The molecule has 1 aromatic heterocycles. The summed E-state index contributed by atoms with van der Waals surface area (Å²) in [4.78, 5) is 16.1. The van der Waals surface area contributed by atoms with Gasteiger partial charge in [0.05, 0.1) is 28.7 Å². The summed E-state index contributed by atoms with van der Waals surface area (Å²) in [6.45, 7) is 5.50. The lowest BCUT2D eigenvalue weighted by Gasteiger charge is -2.26. The van der Waals surface area contributed by atoms with Gasteiger partial charge in [-0.25, -0.2) is 8.42 Å². The fourth-order valence-corrected chi connectivity index (χ4v) is 7.85. The predicted octanol–water partition coefficient (Wildman–Crippen LogP) is 5.32. The molecule has 0 unspecified atom stereocenters. The van der Waals surface area contributed by atoms with Gasteiger partial charge in [-0.3, -0.25) is 9.69 Å². The second-order valence-corrected chi connectivity index (χ2v) is 13.3. The number of fused-ring (bicyclic) bond motifs is 1. The summed E-state index contributed by atoms with van der Waals surface area (Å²) >= 11 is 1.36. The number of hydrogen-bond acceptors (Lipinski definition) is 7. The molecule has 10 heteroatoms. The molecule has 1 N–H and O–H groups in total. The first-order valence-electron chi connectivity index (χ1n) is 13.9. The Hall–Kier alpha value is -3.28. The fourth-order valence-electron chi connectivity index (χ4n) is 5.24. The molecule has 0 atom stereocenters. The van der Waals surface area contributed by atoms with Crippen molar-refractivity contribution in [1.82, 2.24) is 9.21 Å². The van der Waals surface area contributed by atoms with E-state index < -0.39 is 10.0 Å². The molecule has 2 aliphatic rings. The summed E-state index contributed by atoms with van der Waals surface area (Å²) in [6, 6.07) is 22.7. The summed E-state index contributed by atoms with van der Waals surface area (Å²) < 4.78 is 40.1. The topological polar surface area (TPSA) is 88.2 Å². The van der Waals surface area contributed by atoms with E-state index in [-0.39, 0.29) is 5.91 Å². The minimum Gasteiger partial charge on any atom is -0.491 e. The van der Waals surface area contributed by atoms with Crippen LogP contribution >= 0.6 is 11.3 Å². The van der Waals surface area contributed by atoms with Crippen molar-refractivity contribution in [2.75, 3.05) is 57.9 Å². The van der Waals surface area contributed by atoms with Crippen molar-refractivity contribution in [3.63, 3.8) is 0 Å². The van der Waals surface area contributed by atoms with Gasteiger partial charge in [0.2, 0.25) is 10.0 Å². The van der Waals surface area contributed by atoms with Crippen molar-refractivity contribution in [2.45, 2.75) is 17.7 Å². The van der Waals surface area contributed by atoms with E-state index in [9.17, 15) is 13.2 Å². The summed E-state index contributed by atoms with van der Waals surface area (Å²) in [5.74, 6) is 0.250. The molecule has 214 valence electrons. The molecule has 41 heavy (non-hydrogen) atoms. The molecule has 2 fully saturated rings. The SMILES string of the molecule is O=C(Nc1cc2ccc(S(=O)(=O)N3CCCC3)cc2s1)c1ccc(-c2ccccc2)cc1OCCN1CCOCC1. The monoisotopic (exact) mass is 591 g/mol. The first-order chi connectivity index (χ1) is 20.0. The van der Waals surface area contributed by atoms with Gasteiger partial charge in [0.1, 0.15) is 12.4 Å². The van der Waals surface area contributed by atoms with Crippen LogP contribution in [-0.2, 0) is 14.8 Å². The van der Waals surface area contributed by atoms with Crippen LogP contribution in [0.15, 0.2) is 77.7 Å². The van der Waals surface area contributed by atoms with Crippen LogP contribution in [0.2, 0.25) is 0 Å². The van der Waals surface area contributed by atoms with Gasteiger partial charge in [0.25, 0.3) is 5.91 Å². The number of amides is 1. The Morgan fingerprint density at radius 2 is 1.68 bits per heavy atom. The van der Waals surface area contributed by atoms with E-state index in [2.05, 4.69) is 10.2 Å². The predicted molar refractivity (Wildman–Crippen MR) is 162 cm³/mol. The Kier molecular flexibility index (Phi) is 8.36. The lowest BCUT2D eigenvalue weighted by molar-refractivity contribution is 0.0322. The second-order valence-electron chi connectivity index (χ2n) is 10.3. The molecule has 0 radical (unpaired) electrons. The van der Waals surface area contributed by atoms with Gasteiger partial charge in [-0.2, -0.15) is 4.31 Å². The number of carbonyl (C=O) groups is 1. The molecule has 8 nitrogen and oxygen atoms in total. The van der Waals surface area contributed by atoms with E-state index in [4.69, 9.17) is 9.47 Å². The van der Waals surface area contributed by atoms with Crippen LogP contribution in [0.4, 0.5) is 5.00 Å². The van der Waals surface area contributed by atoms with Crippen molar-refractivity contribution in [1.29, 1.82) is 0 Å². The number of rotatable bonds is 9. The molecule has 1 amide bonds. The summed E-state index contributed by atoms with van der Waals surface area (Å²) in [6.07, 6.45) is 1.78. The van der Waals surface area contributed by atoms with Gasteiger partial charge in [-0.05, 0) is 59.7 Å². The zero-order valence-electron chi connectivity index (χ0n) is 22.8. The molecule has 3 aromatic carbocycles. The van der Waals surface area contributed by atoms with Crippen molar-refractivity contribution in [3.05, 3.63) is 78.4 Å². The lowest BCUT2D eigenvalue weighted by Crippen LogP contribution is -2.38. The zero-order chi connectivity index (χ0) is 28.2. The maximum atomic E-state index is 13.5. The Bertz CT molecular complexity index is 1630. The molecule has 2 saturated heterocycles. The number of nitrogens with zero attached hydrogens (tertiary/aromatic N) is 2. The van der Waals surface area contributed by atoms with Gasteiger partial charge in [-0.1, -0.05) is 42.5 Å². The minimum absolute atomic E-state index is 0.276. The highest BCUT2D eigenvalue weighted by molar-refractivity contribution is 7.89. The average Bonchev–Trinajstić information content (AvgIpc) is 3.68. The number of ether oxygens (including phenoxy) is 2. The number of nitrogens with one attached hydrogen (secondary N) is 1. The van der Waals surface area contributed by atoms with E-state index in [1.54, 1.807) is 28.6 Å². The van der Waals surface area contributed by atoms with E-state index in [1.165, 1.54) is 11.3 Å². The molecule has 0 aliphatic carbocycles. The molecule has 0 saturated carbocycles. The molecule has 0 bridgehead atoms. The number of thiophene rings is 1. The minimum atomic E-state index is -3.51. The molecule has 3 heterocycles. The van der Waals surface area contributed by atoms with Gasteiger partial charge in [0.15, 0.2) is 0 Å². The highest BCUT2D eigenvalue weighted by atomic mass is 32.2. The second kappa shape index (κ2) is 12.3. The van der Waals surface area contributed by atoms with Gasteiger partial charge >= 0.3 is 0 Å². The number of sulfonamides is 1. The first kappa shape index (κ1) is 27.9. The smallest absolute Gasteiger partial charge is 0.260 e. The Morgan fingerprint density at radius 3 is 2.46 bits per heavy atom. The van der Waals surface area contributed by atoms with E-state index in [0.29, 0.717) is 40.9 Å². The molecular weight excluding hydrogens is 558 g/mol. The highest BCUT2D eigenvalue weighted by Gasteiger charge is 2.27. The third kappa shape index (κ3) is 6.32. The quantitative estimate of drug-likeness (QED) is 0.284. The van der Waals surface area contributed by atoms with Crippen molar-refractivity contribution < 1.29 is 22.7 Å². The Morgan fingerprint density at radius 1 is 0.902 bits per heavy atom. The lowest BCUT2D eigenvalue weighted by atomic mass is 10.0. The van der Waals surface area contributed by atoms with Crippen LogP contribution < -0.4 is 10.1 Å². The number of carbonyl (C=O) groups excluding carboxylic acids is 1.